The second kappa shape index (κ2) is 11.5. The van der Waals surface area contributed by atoms with Crippen molar-refractivity contribution in [2.45, 2.75) is 39.3 Å². The van der Waals surface area contributed by atoms with Crippen LogP contribution in [0.15, 0.2) is 42.9 Å². The number of aromatic nitrogens is 5. The molecule has 2 unspecified atom stereocenters. The van der Waals surface area contributed by atoms with Gasteiger partial charge in [0.2, 0.25) is 5.91 Å². The predicted octanol–water partition coefficient (Wildman–Crippen LogP) is 2.70. The maximum atomic E-state index is 13.4. The maximum absolute atomic E-state index is 13.4. The van der Waals surface area contributed by atoms with Gasteiger partial charge in [0.25, 0.3) is 5.91 Å². The number of hydrogen-bond donors (Lipinski definition) is 2. The zero-order valence-electron chi connectivity index (χ0n) is 22.6. The molecule has 5 rings (SSSR count). The summed E-state index contributed by atoms with van der Waals surface area (Å²) in [4.78, 5) is 40.7. The largest absolute Gasteiger partial charge is 0.357 e. The fourth-order valence-corrected chi connectivity index (χ4v) is 5.45. The number of amides is 2. The van der Waals surface area contributed by atoms with Crippen LogP contribution in [0.2, 0.25) is 0 Å². The standard InChI is InChI=1S/C27H33N9O2S/c1-5-34(6-2)17(3)15-29-26(37)18-13-21(32-24(14-18)35-11-9-22(35)27(38)28-4)19-16-30-36-12-8-20(33-25(19)36)23-7-10-31-39-23/h7-8,10,12-14,16-17,22H,5-6,9,11,15H2,1-4H3,(H,28,38)(H,29,37). The van der Waals surface area contributed by atoms with Crippen LogP contribution in [0.1, 0.15) is 37.6 Å². The third-order valence-corrected chi connectivity index (χ3v) is 8.04. The van der Waals surface area contributed by atoms with Crippen LogP contribution < -0.4 is 15.5 Å². The summed E-state index contributed by atoms with van der Waals surface area (Å²) in [5.74, 6) is 0.317. The fourth-order valence-electron chi connectivity index (χ4n) is 4.89. The lowest BCUT2D eigenvalue weighted by molar-refractivity contribution is -0.123. The Bertz CT molecular complexity index is 1470. The zero-order chi connectivity index (χ0) is 27.5. The van der Waals surface area contributed by atoms with Gasteiger partial charge in [-0.2, -0.15) is 5.10 Å². The van der Waals surface area contributed by atoms with Gasteiger partial charge in [-0.15, -0.1) is 0 Å². The molecule has 1 saturated heterocycles. The summed E-state index contributed by atoms with van der Waals surface area (Å²) in [5, 5.41) is 10.3. The van der Waals surface area contributed by atoms with Gasteiger partial charge in [0, 0.05) is 44.1 Å². The van der Waals surface area contributed by atoms with E-state index in [2.05, 4.69) is 45.8 Å². The van der Waals surface area contributed by atoms with Gasteiger partial charge in [-0.1, -0.05) is 13.8 Å². The monoisotopic (exact) mass is 547 g/mol. The highest BCUT2D eigenvalue weighted by Gasteiger charge is 2.35. The first kappa shape index (κ1) is 26.7. The normalized spacial score (nSPS) is 15.8. The molecule has 11 nitrogen and oxygen atoms in total. The zero-order valence-corrected chi connectivity index (χ0v) is 23.4. The van der Waals surface area contributed by atoms with E-state index in [1.165, 1.54) is 11.5 Å². The SMILES string of the molecule is CCN(CC)C(C)CNC(=O)c1cc(-c2cnn3ccc(-c4ccns4)nc23)nc(N2CCC2C(=O)NC)c1. The lowest BCUT2D eigenvalue weighted by Gasteiger charge is -2.40. The summed E-state index contributed by atoms with van der Waals surface area (Å²) in [7, 11) is 1.63. The Balaban J connectivity index is 1.52. The molecule has 4 aromatic heterocycles. The average Bonchev–Trinajstić information content (AvgIpc) is 3.61. The Hall–Kier alpha value is -3.90. The molecule has 0 radical (unpaired) electrons. The minimum absolute atomic E-state index is 0.0700. The predicted molar refractivity (Wildman–Crippen MR) is 152 cm³/mol. The fraction of sp³-hybridized carbons (Fsp3) is 0.407. The van der Waals surface area contributed by atoms with Crippen molar-refractivity contribution >= 4 is 34.8 Å². The van der Waals surface area contributed by atoms with Crippen molar-refractivity contribution in [2.75, 3.05) is 38.1 Å². The molecular formula is C27H33N9O2S. The van der Waals surface area contributed by atoms with E-state index < -0.39 is 0 Å². The van der Waals surface area contributed by atoms with Crippen LogP contribution in [0.3, 0.4) is 0 Å². The van der Waals surface area contributed by atoms with E-state index in [9.17, 15) is 9.59 Å². The van der Waals surface area contributed by atoms with E-state index in [1.54, 1.807) is 36.1 Å². The number of nitrogens with one attached hydrogen (secondary N) is 2. The summed E-state index contributed by atoms with van der Waals surface area (Å²) < 4.78 is 5.88. The van der Waals surface area contributed by atoms with E-state index >= 15 is 0 Å². The minimum Gasteiger partial charge on any atom is -0.357 e. The van der Waals surface area contributed by atoms with E-state index in [-0.39, 0.29) is 23.9 Å². The number of likely N-dealkylation sites (N-methyl/N-ethyl adjacent to an activating group) is 2. The molecule has 39 heavy (non-hydrogen) atoms. The molecule has 12 heteroatoms. The van der Waals surface area contributed by atoms with Crippen LogP contribution in [0.4, 0.5) is 5.82 Å². The first-order valence-corrected chi connectivity index (χ1v) is 14.0. The van der Waals surface area contributed by atoms with Crippen LogP contribution >= 0.6 is 11.5 Å². The first-order valence-electron chi connectivity index (χ1n) is 13.2. The number of rotatable bonds is 10. The van der Waals surface area contributed by atoms with Gasteiger partial charge in [0.1, 0.15) is 11.9 Å². The van der Waals surface area contributed by atoms with Crippen molar-refractivity contribution in [1.29, 1.82) is 0 Å². The topological polar surface area (TPSA) is 121 Å². The molecule has 1 aliphatic heterocycles. The molecule has 1 aliphatic rings. The number of pyridine rings is 1. The van der Waals surface area contributed by atoms with Gasteiger partial charge in [0.15, 0.2) is 5.65 Å². The highest BCUT2D eigenvalue weighted by molar-refractivity contribution is 7.09. The van der Waals surface area contributed by atoms with E-state index in [0.29, 0.717) is 41.4 Å². The molecule has 0 spiro atoms. The van der Waals surface area contributed by atoms with Gasteiger partial charge in [-0.3, -0.25) is 14.5 Å². The summed E-state index contributed by atoms with van der Waals surface area (Å²) in [6, 6.07) is 7.22. The van der Waals surface area contributed by atoms with E-state index in [0.717, 1.165) is 30.1 Å². The van der Waals surface area contributed by atoms with Crippen LogP contribution in [-0.4, -0.2) is 86.0 Å². The number of fused-ring (bicyclic) bond motifs is 1. The van der Waals surface area contributed by atoms with Crippen molar-refractivity contribution in [3.8, 4) is 21.8 Å². The molecule has 0 aliphatic carbocycles. The van der Waals surface area contributed by atoms with Gasteiger partial charge < -0.3 is 15.5 Å². The van der Waals surface area contributed by atoms with Gasteiger partial charge >= 0.3 is 0 Å². The quantitative estimate of drug-likeness (QED) is 0.311. The van der Waals surface area contributed by atoms with Crippen LogP contribution in [-0.2, 0) is 4.79 Å². The highest BCUT2D eigenvalue weighted by atomic mass is 32.1. The molecule has 2 N–H and O–H groups in total. The molecule has 0 bridgehead atoms. The van der Waals surface area contributed by atoms with Gasteiger partial charge in [-0.05, 0) is 62.2 Å². The second-order valence-corrected chi connectivity index (χ2v) is 10.3. The molecule has 1 fully saturated rings. The minimum atomic E-state index is -0.323. The molecule has 204 valence electrons. The van der Waals surface area contributed by atoms with Crippen LogP contribution in [0.25, 0.3) is 27.5 Å². The molecule has 0 aromatic carbocycles. The van der Waals surface area contributed by atoms with Crippen LogP contribution in [0.5, 0.6) is 0 Å². The molecule has 2 atom stereocenters. The number of anilines is 1. The Labute approximate surface area is 231 Å². The Morgan fingerprint density at radius 1 is 1.18 bits per heavy atom. The number of nitrogens with zero attached hydrogens (tertiary/aromatic N) is 7. The third kappa shape index (κ3) is 5.34. The van der Waals surface area contributed by atoms with Gasteiger partial charge in [-0.25, -0.2) is 18.9 Å². The van der Waals surface area contributed by atoms with Gasteiger partial charge in [0.05, 0.1) is 28.0 Å². The average molecular weight is 548 g/mol. The number of carbonyl (C=O) groups is 2. The van der Waals surface area contributed by atoms with Crippen molar-refractivity contribution in [1.82, 2.24) is 39.5 Å². The first-order chi connectivity index (χ1) is 18.9. The number of carbonyl (C=O) groups excluding carboxylic acids is 2. The maximum Gasteiger partial charge on any atom is 0.251 e. The molecule has 5 heterocycles. The summed E-state index contributed by atoms with van der Waals surface area (Å²) in [6.07, 6.45) is 6.03. The summed E-state index contributed by atoms with van der Waals surface area (Å²) in [6.45, 7) is 9.37. The van der Waals surface area contributed by atoms with Crippen molar-refractivity contribution in [3.05, 3.63) is 48.4 Å². The van der Waals surface area contributed by atoms with Crippen molar-refractivity contribution in [3.63, 3.8) is 0 Å². The molecule has 0 saturated carbocycles. The second-order valence-electron chi connectivity index (χ2n) is 9.51. The van der Waals surface area contributed by atoms with E-state index in [1.807, 2.05) is 23.2 Å². The molecule has 4 aromatic rings. The Morgan fingerprint density at radius 2 is 2.00 bits per heavy atom. The summed E-state index contributed by atoms with van der Waals surface area (Å²) in [5.41, 5.74) is 3.15. The smallest absolute Gasteiger partial charge is 0.251 e. The van der Waals surface area contributed by atoms with Crippen LogP contribution in [0, 0.1) is 0 Å². The van der Waals surface area contributed by atoms with E-state index in [4.69, 9.17) is 9.97 Å². The highest BCUT2D eigenvalue weighted by Crippen LogP contribution is 2.31. The third-order valence-electron chi connectivity index (χ3n) is 7.27. The Morgan fingerprint density at radius 3 is 2.67 bits per heavy atom. The molecule has 2 amide bonds. The lowest BCUT2D eigenvalue weighted by Crippen LogP contribution is -2.56. The Kier molecular flexibility index (Phi) is 7.84. The lowest BCUT2D eigenvalue weighted by atomic mass is 10.0. The molecular weight excluding hydrogens is 514 g/mol. The number of hydrogen-bond acceptors (Lipinski definition) is 9. The van der Waals surface area contributed by atoms with Crippen molar-refractivity contribution < 1.29 is 9.59 Å². The van der Waals surface area contributed by atoms with Crippen molar-refractivity contribution in [2.24, 2.45) is 0 Å². The summed E-state index contributed by atoms with van der Waals surface area (Å²) >= 11 is 1.37.